The van der Waals surface area contributed by atoms with Crippen LogP contribution >= 0.6 is 0 Å². The van der Waals surface area contributed by atoms with Crippen molar-refractivity contribution in [3.05, 3.63) is 29.8 Å². The Labute approximate surface area is 144 Å². The summed E-state index contributed by atoms with van der Waals surface area (Å²) < 4.78 is 39.0. The van der Waals surface area contributed by atoms with Crippen LogP contribution in [-0.2, 0) is 4.79 Å². The summed E-state index contributed by atoms with van der Waals surface area (Å²) in [7, 11) is 1.61. The lowest BCUT2D eigenvalue weighted by Crippen LogP contribution is -2.45. The average Bonchev–Trinajstić information content (AvgIpc) is 3.44. The minimum atomic E-state index is -4.29. The summed E-state index contributed by atoms with van der Waals surface area (Å²) >= 11 is 0. The third-order valence-corrected chi connectivity index (χ3v) is 4.92. The van der Waals surface area contributed by atoms with E-state index in [0.717, 1.165) is 12.8 Å². The molecule has 1 aromatic rings. The van der Waals surface area contributed by atoms with Gasteiger partial charge in [-0.05, 0) is 37.8 Å². The van der Waals surface area contributed by atoms with Crippen LogP contribution in [-0.4, -0.2) is 43.0 Å². The van der Waals surface area contributed by atoms with Gasteiger partial charge >= 0.3 is 6.18 Å². The molecule has 1 saturated heterocycles. The van der Waals surface area contributed by atoms with Gasteiger partial charge in [-0.3, -0.25) is 9.59 Å². The molecule has 1 saturated carbocycles. The van der Waals surface area contributed by atoms with Crippen molar-refractivity contribution in [3.63, 3.8) is 0 Å². The van der Waals surface area contributed by atoms with Gasteiger partial charge in [-0.2, -0.15) is 13.2 Å². The monoisotopic (exact) mass is 354 g/mol. The van der Waals surface area contributed by atoms with Crippen LogP contribution in [0.2, 0.25) is 0 Å². The number of amides is 2. The molecule has 25 heavy (non-hydrogen) atoms. The molecule has 1 aliphatic carbocycles. The Morgan fingerprint density at radius 1 is 1.16 bits per heavy atom. The van der Waals surface area contributed by atoms with Crippen molar-refractivity contribution in [3.8, 4) is 0 Å². The SMILES string of the molecule is CN(C(=O)C1CC1)c1ccccc1C(=O)N1CCC[C@@H](C(F)(F)F)C1. The lowest BCUT2D eigenvalue weighted by molar-refractivity contribution is -0.184. The van der Waals surface area contributed by atoms with Crippen molar-refractivity contribution in [2.45, 2.75) is 31.9 Å². The smallest absolute Gasteiger partial charge is 0.338 e. The van der Waals surface area contributed by atoms with Crippen LogP contribution in [0, 0.1) is 11.8 Å². The molecule has 0 spiro atoms. The second-order valence-corrected chi connectivity index (χ2v) is 6.82. The third-order valence-electron chi connectivity index (χ3n) is 4.92. The molecule has 1 aliphatic heterocycles. The van der Waals surface area contributed by atoms with Crippen LogP contribution in [0.4, 0.5) is 18.9 Å². The first-order valence-corrected chi connectivity index (χ1v) is 8.51. The number of nitrogens with zero attached hydrogens (tertiary/aromatic N) is 2. The molecule has 0 unspecified atom stereocenters. The average molecular weight is 354 g/mol. The zero-order valence-electron chi connectivity index (χ0n) is 14.1. The number of piperidine rings is 1. The molecular formula is C18H21F3N2O2. The second-order valence-electron chi connectivity index (χ2n) is 6.82. The van der Waals surface area contributed by atoms with Gasteiger partial charge in [0.15, 0.2) is 0 Å². The molecule has 7 heteroatoms. The molecule has 1 atom stereocenters. The summed E-state index contributed by atoms with van der Waals surface area (Å²) in [5.74, 6) is -1.98. The van der Waals surface area contributed by atoms with Gasteiger partial charge in [-0.1, -0.05) is 12.1 Å². The Morgan fingerprint density at radius 3 is 2.48 bits per heavy atom. The molecule has 3 rings (SSSR count). The summed E-state index contributed by atoms with van der Waals surface area (Å²) in [4.78, 5) is 27.8. The van der Waals surface area contributed by atoms with Crippen molar-refractivity contribution < 1.29 is 22.8 Å². The second kappa shape index (κ2) is 6.69. The van der Waals surface area contributed by atoms with E-state index < -0.39 is 18.0 Å². The van der Waals surface area contributed by atoms with Crippen LogP contribution in [0.3, 0.4) is 0 Å². The van der Waals surface area contributed by atoms with E-state index in [1.54, 1.807) is 31.3 Å². The molecule has 2 amide bonds. The minimum Gasteiger partial charge on any atom is -0.338 e. The fourth-order valence-corrected chi connectivity index (χ4v) is 3.27. The van der Waals surface area contributed by atoms with Crippen LogP contribution in [0.15, 0.2) is 24.3 Å². The van der Waals surface area contributed by atoms with E-state index in [1.807, 2.05) is 0 Å². The molecule has 0 aromatic heterocycles. The fourth-order valence-electron chi connectivity index (χ4n) is 3.27. The Kier molecular flexibility index (Phi) is 4.75. The summed E-state index contributed by atoms with van der Waals surface area (Å²) in [6, 6.07) is 6.62. The number of rotatable bonds is 3. The van der Waals surface area contributed by atoms with Gasteiger partial charge in [0.25, 0.3) is 5.91 Å². The van der Waals surface area contributed by atoms with Gasteiger partial charge in [0.2, 0.25) is 5.91 Å². The number of alkyl halides is 3. The highest BCUT2D eigenvalue weighted by Crippen LogP contribution is 2.35. The van der Waals surface area contributed by atoms with E-state index >= 15 is 0 Å². The lowest BCUT2D eigenvalue weighted by atomic mass is 9.96. The van der Waals surface area contributed by atoms with E-state index in [4.69, 9.17) is 0 Å². The molecule has 136 valence electrons. The van der Waals surface area contributed by atoms with Crippen molar-refractivity contribution in [1.29, 1.82) is 0 Å². The number of hydrogen-bond donors (Lipinski definition) is 0. The van der Waals surface area contributed by atoms with Crippen molar-refractivity contribution in [1.82, 2.24) is 4.90 Å². The van der Waals surface area contributed by atoms with Crippen LogP contribution in [0.5, 0.6) is 0 Å². The quantitative estimate of drug-likeness (QED) is 0.834. The minimum absolute atomic E-state index is 0.00208. The molecule has 4 nitrogen and oxygen atoms in total. The first-order chi connectivity index (χ1) is 11.8. The van der Waals surface area contributed by atoms with Crippen LogP contribution < -0.4 is 4.90 Å². The molecule has 0 bridgehead atoms. The van der Waals surface area contributed by atoms with Crippen molar-refractivity contribution in [2.24, 2.45) is 11.8 Å². The topological polar surface area (TPSA) is 40.6 Å². The lowest BCUT2D eigenvalue weighted by Gasteiger charge is -2.34. The largest absolute Gasteiger partial charge is 0.393 e. The molecule has 0 N–H and O–H groups in total. The van der Waals surface area contributed by atoms with Gasteiger partial charge in [-0.25, -0.2) is 0 Å². The first-order valence-electron chi connectivity index (χ1n) is 8.51. The number of carbonyl (C=O) groups excluding carboxylic acids is 2. The summed E-state index contributed by atoms with van der Waals surface area (Å²) in [5.41, 5.74) is 0.736. The van der Waals surface area contributed by atoms with E-state index in [2.05, 4.69) is 0 Å². The maximum atomic E-state index is 13.0. The van der Waals surface area contributed by atoms with Crippen LogP contribution in [0.1, 0.15) is 36.0 Å². The maximum Gasteiger partial charge on any atom is 0.393 e. The number of likely N-dealkylation sites (tertiary alicyclic amines) is 1. The molecule has 1 heterocycles. The van der Waals surface area contributed by atoms with E-state index in [-0.39, 0.29) is 30.4 Å². The number of benzene rings is 1. The highest BCUT2D eigenvalue weighted by molar-refractivity contribution is 6.05. The number of carbonyl (C=O) groups is 2. The van der Waals surface area contributed by atoms with Gasteiger partial charge in [0, 0.05) is 26.1 Å². The van der Waals surface area contributed by atoms with Crippen LogP contribution in [0.25, 0.3) is 0 Å². The molecule has 0 radical (unpaired) electrons. The summed E-state index contributed by atoms with van der Waals surface area (Å²) in [6.45, 7) is -0.0169. The molecule has 2 fully saturated rings. The number of anilines is 1. The Bertz CT molecular complexity index is 671. The highest BCUT2D eigenvalue weighted by atomic mass is 19.4. The predicted octanol–water partition coefficient (Wildman–Crippen LogP) is 3.47. The Hall–Kier alpha value is -2.05. The standard InChI is InChI=1S/C18H21F3N2O2/c1-22(16(24)12-8-9-12)15-7-3-2-6-14(15)17(25)23-10-4-5-13(11-23)18(19,20)21/h2-3,6-7,12-13H,4-5,8-11H2,1H3/t13-/m1/s1. The zero-order valence-corrected chi connectivity index (χ0v) is 14.1. The first kappa shape index (κ1) is 17.8. The fraction of sp³-hybridized carbons (Fsp3) is 0.556. The predicted molar refractivity (Wildman–Crippen MR) is 87.3 cm³/mol. The third kappa shape index (κ3) is 3.80. The van der Waals surface area contributed by atoms with Gasteiger partial charge < -0.3 is 9.80 Å². The Morgan fingerprint density at radius 2 is 1.84 bits per heavy atom. The molecule has 2 aliphatic rings. The van der Waals surface area contributed by atoms with Gasteiger partial charge in [0.1, 0.15) is 0 Å². The van der Waals surface area contributed by atoms with E-state index in [9.17, 15) is 22.8 Å². The highest BCUT2D eigenvalue weighted by Gasteiger charge is 2.43. The number of halogens is 3. The normalized spacial score (nSPS) is 21.1. The number of para-hydroxylation sites is 1. The van der Waals surface area contributed by atoms with Gasteiger partial charge in [0.05, 0.1) is 17.2 Å². The van der Waals surface area contributed by atoms with Crippen molar-refractivity contribution in [2.75, 3.05) is 25.0 Å². The number of hydrogen-bond acceptors (Lipinski definition) is 2. The molecular weight excluding hydrogens is 333 g/mol. The van der Waals surface area contributed by atoms with E-state index in [0.29, 0.717) is 18.7 Å². The summed E-state index contributed by atoms with van der Waals surface area (Å²) in [6.07, 6.45) is -2.22. The van der Waals surface area contributed by atoms with Crippen molar-refractivity contribution >= 4 is 17.5 Å². The maximum absolute atomic E-state index is 13.0. The summed E-state index contributed by atoms with van der Waals surface area (Å²) in [5, 5.41) is 0. The molecule has 1 aromatic carbocycles. The van der Waals surface area contributed by atoms with Gasteiger partial charge in [-0.15, -0.1) is 0 Å². The van der Waals surface area contributed by atoms with E-state index in [1.165, 1.54) is 9.80 Å². The zero-order chi connectivity index (χ0) is 18.2. The Balaban J connectivity index is 1.81.